The third-order valence-corrected chi connectivity index (χ3v) is 5.26. The van der Waals surface area contributed by atoms with Gasteiger partial charge in [0.2, 0.25) is 0 Å². The van der Waals surface area contributed by atoms with Crippen molar-refractivity contribution in [3.8, 4) is 0 Å². The van der Waals surface area contributed by atoms with Crippen molar-refractivity contribution < 1.29 is 10.0 Å². The summed E-state index contributed by atoms with van der Waals surface area (Å²) in [7, 11) is 1.86. The molecule has 0 radical (unpaired) electrons. The van der Waals surface area contributed by atoms with Gasteiger partial charge in [0, 0.05) is 43.2 Å². The van der Waals surface area contributed by atoms with Crippen LogP contribution in [0.15, 0.2) is 48.8 Å². The van der Waals surface area contributed by atoms with Crippen LogP contribution in [0.5, 0.6) is 0 Å². The zero-order chi connectivity index (χ0) is 22.7. The summed E-state index contributed by atoms with van der Waals surface area (Å²) in [5.74, 6) is 0.724. The Kier molecular flexibility index (Phi) is 7.47. The van der Waals surface area contributed by atoms with Crippen LogP contribution in [0.4, 0.5) is 17.3 Å². The van der Waals surface area contributed by atoms with E-state index in [2.05, 4.69) is 34.1 Å². The number of amides is 1. The molecule has 0 saturated heterocycles. The Morgan fingerprint density at radius 1 is 1.18 bits per heavy atom. The highest BCUT2D eigenvalue weighted by Crippen LogP contribution is 2.31. The van der Waals surface area contributed by atoms with Gasteiger partial charge in [-0.2, -0.15) is 5.10 Å². The molecule has 0 aliphatic rings. The Balaban J connectivity index is 0.00000306. The summed E-state index contributed by atoms with van der Waals surface area (Å²) in [6, 6.07) is 9.67. The Hall–Kier alpha value is -3.69. The molecular weight excluding hydrogens is 442 g/mol. The van der Waals surface area contributed by atoms with Gasteiger partial charge in [-0.25, -0.2) is 15.4 Å². The molecule has 4 aromatic rings. The Morgan fingerprint density at radius 3 is 2.64 bits per heavy atom. The maximum Gasteiger partial charge on any atom is 0.267 e. The van der Waals surface area contributed by atoms with Gasteiger partial charge in [0.1, 0.15) is 11.3 Å². The summed E-state index contributed by atoms with van der Waals surface area (Å²) in [4.78, 5) is 22.8. The second kappa shape index (κ2) is 10.3. The summed E-state index contributed by atoms with van der Waals surface area (Å²) in [6.07, 6.45) is 6.68. The number of nitrogens with one attached hydrogen (secondary N) is 2. The average molecular weight is 468 g/mol. The molecule has 3 aromatic heterocycles. The molecule has 10 heteroatoms. The second-order valence-electron chi connectivity index (χ2n) is 7.31. The number of hydrogen-bond acceptors (Lipinski definition) is 7. The third kappa shape index (κ3) is 5.05. The first-order valence-electron chi connectivity index (χ1n) is 10.4. The molecule has 0 spiro atoms. The van der Waals surface area contributed by atoms with E-state index in [1.54, 1.807) is 16.2 Å². The van der Waals surface area contributed by atoms with Crippen molar-refractivity contribution in [2.75, 3.05) is 23.3 Å². The van der Waals surface area contributed by atoms with Crippen LogP contribution in [0.3, 0.4) is 0 Å². The highest BCUT2D eigenvalue weighted by molar-refractivity contribution is 6.09. The quantitative estimate of drug-likeness (QED) is 0.214. The number of benzene rings is 1. The normalized spacial score (nSPS) is 11.0. The molecule has 9 nitrogen and oxygen atoms in total. The number of pyridine rings is 2. The van der Waals surface area contributed by atoms with E-state index in [0.29, 0.717) is 11.6 Å². The van der Waals surface area contributed by atoms with Crippen LogP contribution in [-0.4, -0.2) is 44.0 Å². The molecule has 1 aromatic carbocycles. The topological polar surface area (TPSA) is 108 Å². The van der Waals surface area contributed by atoms with Crippen LogP contribution < -0.4 is 15.7 Å². The molecule has 0 bridgehead atoms. The summed E-state index contributed by atoms with van der Waals surface area (Å²) in [5, 5.41) is 18.4. The van der Waals surface area contributed by atoms with E-state index in [1.807, 2.05) is 49.8 Å². The predicted molar refractivity (Wildman–Crippen MR) is 133 cm³/mol. The number of anilines is 3. The van der Waals surface area contributed by atoms with Gasteiger partial charge in [0.25, 0.3) is 5.91 Å². The molecule has 1 amide bonds. The summed E-state index contributed by atoms with van der Waals surface area (Å²) in [5.41, 5.74) is 4.98. The molecule has 3 heterocycles. The molecule has 0 aliphatic carbocycles. The fraction of sp³-hybridized carbons (Fsp3) is 0.217. The van der Waals surface area contributed by atoms with Crippen LogP contribution >= 0.6 is 12.4 Å². The maximum atomic E-state index is 11.3. The fourth-order valence-corrected chi connectivity index (χ4v) is 3.66. The minimum absolute atomic E-state index is 0. The maximum absolute atomic E-state index is 11.3. The number of fused-ring (bicyclic) bond motifs is 3. The third-order valence-electron chi connectivity index (χ3n) is 5.26. The first-order chi connectivity index (χ1) is 15.5. The summed E-state index contributed by atoms with van der Waals surface area (Å²) in [6.45, 7) is 6.09. The molecule has 0 aliphatic heterocycles. The van der Waals surface area contributed by atoms with Crippen molar-refractivity contribution in [1.29, 1.82) is 0 Å². The average Bonchev–Trinajstić information content (AvgIpc) is 3.21. The SMILES string of the molecule is CCN(CC)c1ccc(Nc2nc3ccc(/C=C/C(=O)NO)cc3c3cn(C)nc23)nc1.Cl. The molecule has 33 heavy (non-hydrogen) atoms. The minimum atomic E-state index is -0.589. The fourth-order valence-electron chi connectivity index (χ4n) is 3.66. The summed E-state index contributed by atoms with van der Waals surface area (Å²) < 4.78 is 1.75. The van der Waals surface area contributed by atoms with E-state index < -0.39 is 5.91 Å². The van der Waals surface area contributed by atoms with Gasteiger partial charge in [-0.05, 0) is 49.8 Å². The van der Waals surface area contributed by atoms with Crippen molar-refractivity contribution in [3.05, 3.63) is 54.4 Å². The molecule has 0 atom stereocenters. The van der Waals surface area contributed by atoms with Crippen molar-refractivity contribution >= 4 is 63.5 Å². The highest BCUT2D eigenvalue weighted by Gasteiger charge is 2.13. The minimum Gasteiger partial charge on any atom is -0.371 e. The van der Waals surface area contributed by atoms with Gasteiger partial charge >= 0.3 is 0 Å². The van der Waals surface area contributed by atoms with E-state index >= 15 is 0 Å². The first-order valence-corrected chi connectivity index (χ1v) is 10.4. The smallest absolute Gasteiger partial charge is 0.267 e. The number of hydrogen-bond donors (Lipinski definition) is 3. The van der Waals surface area contributed by atoms with Crippen LogP contribution in [0.25, 0.3) is 27.9 Å². The zero-order valence-electron chi connectivity index (χ0n) is 18.6. The van der Waals surface area contributed by atoms with Crippen LogP contribution in [0.2, 0.25) is 0 Å². The lowest BCUT2D eigenvalue weighted by atomic mass is 10.1. The van der Waals surface area contributed by atoms with E-state index in [1.165, 1.54) is 6.08 Å². The largest absolute Gasteiger partial charge is 0.371 e. The Labute approximate surface area is 197 Å². The number of halogens is 1. The molecule has 4 rings (SSSR count). The Bertz CT molecular complexity index is 1300. The monoisotopic (exact) mass is 467 g/mol. The van der Waals surface area contributed by atoms with Gasteiger partial charge in [0.05, 0.1) is 17.4 Å². The van der Waals surface area contributed by atoms with E-state index in [4.69, 9.17) is 10.2 Å². The highest BCUT2D eigenvalue weighted by atomic mass is 35.5. The number of nitrogens with zero attached hydrogens (tertiary/aromatic N) is 5. The van der Waals surface area contributed by atoms with Gasteiger partial charge in [-0.15, -0.1) is 12.4 Å². The number of hydroxylamine groups is 1. The van der Waals surface area contributed by atoms with Crippen molar-refractivity contribution in [2.45, 2.75) is 13.8 Å². The molecule has 0 fully saturated rings. The van der Waals surface area contributed by atoms with E-state index in [9.17, 15) is 4.79 Å². The lowest BCUT2D eigenvalue weighted by molar-refractivity contribution is -0.124. The van der Waals surface area contributed by atoms with Gasteiger partial charge in [-0.3, -0.25) is 14.7 Å². The van der Waals surface area contributed by atoms with Gasteiger partial charge in [-0.1, -0.05) is 6.07 Å². The van der Waals surface area contributed by atoms with E-state index in [-0.39, 0.29) is 12.4 Å². The molecule has 0 saturated carbocycles. The van der Waals surface area contributed by atoms with Crippen molar-refractivity contribution in [3.63, 3.8) is 0 Å². The summed E-state index contributed by atoms with van der Waals surface area (Å²) >= 11 is 0. The number of aromatic nitrogens is 4. The van der Waals surface area contributed by atoms with Crippen molar-refractivity contribution in [2.24, 2.45) is 7.05 Å². The zero-order valence-corrected chi connectivity index (χ0v) is 19.4. The van der Waals surface area contributed by atoms with Crippen LogP contribution in [0, 0.1) is 0 Å². The van der Waals surface area contributed by atoms with Crippen LogP contribution in [0.1, 0.15) is 19.4 Å². The van der Waals surface area contributed by atoms with Crippen LogP contribution in [-0.2, 0) is 11.8 Å². The number of rotatable bonds is 7. The van der Waals surface area contributed by atoms with Crippen molar-refractivity contribution in [1.82, 2.24) is 25.2 Å². The number of aryl methyl sites for hydroxylation is 1. The number of carbonyl (C=O) groups is 1. The van der Waals surface area contributed by atoms with Gasteiger partial charge in [0.15, 0.2) is 5.82 Å². The standard InChI is InChI=1S/C23H25N7O2.ClH/c1-4-30(5-2)16-8-10-20(24-13-16)26-23-22-18(14-29(3)27-22)17-12-15(6-9-19(17)25-23)7-11-21(31)28-32;/h6-14,32H,4-5H2,1-3H3,(H,28,31)(H,24,25,26);1H/b11-7+;. The lowest BCUT2D eigenvalue weighted by Crippen LogP contribution is -2.21. The number of carbonyl (C=O) groups excluding carboxylic acids is 1. The lowest BCUT2D eigenvalue weighted by Gasteiger charge is -2.20. The van der Waals surface area contributed by atoms with E-state index in [0.717, 1.165) is 46.1 Å². The second-order valence-corrected chi connectivity index (χ2v) is 7.31. The van der Waals surface area contributed by atoms with Gasteiger partial charge < -0.3 is 10.2 Å². The molecular formula is C23H26ClN7O2. The predicted octanol–water partition coefficient (Wildman–Crippen LogP) is 4.05. The first kappa shape index (κ1) is 24.0. The molecule has 0 unspecified atom stereocenters. The Morgan fingerprint density at radius 2 is 1.97 bits per heavy atom. The molecule has 3 N–H and O–H groups in total. The molecule has 172 valence electrons.